The van der Waals surface area contributed by atoms with Crippen molar-refractivity contribution >= 4 is 23.4 Å². The molecule has 2 saturated carbocycles. The maximum atomic E-state index is 13.1. The normalized spacial score (nSPS) is 36.5. The highest BCUT2D eigenvalue weighted by atomic mass is 16.2. The molecule has 1 aromatic rings. The SMILES string of the molecule is Cc1cccc(NC(=O)[C@H](C)N2C(=O)[C@H]3[C@@H]4C=C[C@H]([C@H]5C[C@H]45)[C@@H]3C2=O)c1C. The average Bonchev–Trinajstić information content (AvgIpc) is 3.42. The number of aryl methyl sites for hydroxylation is 1. The number of imide groups is 1. The molecule has 7 atom stereocenters. The maximum Gasteiger partial charge on any atom is 0.247 e. The molecule has 5 aliphatic rings. The third-order valence-electron chi connectivity index (χ3n) is 7.33. The molecule has 0 radical (unpaired) electrons. The highest BCUT2D eigenvalue weighted by molar-refractivity contribution is 6.10. The van der Waals surface area contributed by atoms with Gasteiger partial charge in [-0.25, -0.2) is 0 Å². The quantitative estimate of drug-likeness (QED) is 0.662. The molecule has 6 rings (SSSR count). The second-order valence-electron chi connectivity index (χ2n) is 8.61. The number of rotatable bonds is 3. The highest BCUT2D eigenvalue weighted by Gasteiger charge is 2.67. The van der Waals surface area contributed by atoms with Gasteiger partial charge < -0.3 is 5.32 Å². The summed E-state index contributed by atoms with van der Waals surface area (Å²) in [6.07, 6.45) is 5.43. The van der Waals surface area contributed by atoms with Crippen LogP contribution >= 0.6 is 0 Å². The molecular formula is C22H24N2O3. The number of hydrogen-bond acceptors (Lipinski definition) is 3. The summed E-state index contributed by atoms with van der Waals surface area (Å²) in [5.41, 5.74) is 2.81. The molecule has 1 aromatic carbocycles. The first kappa shape index (κ1) is 16.7. The lowest BCUT2D eigenvalue weighted by atomic mass is 9.63. The minimum atomic E-state index is -0.800. The molecule has 5 heteroatoms. The number of hydrogen-bond donors (Lipinski definition) is 1. The zero-order valence-corrected chi connectivity index (χ0v) is 15.8. The van der Waals surface area contributed by atoms with Gasteiger partial charge in [-0.15, -0.1) is 0 Å². The number of carbonyl (C=O) groups excluding carboxylic acids is 3. The Morgan fingerprint density at radius 3 is 2.26 bits per heavy atom. The van der Waals surface area contributed by atoms with E-state index in [4.69, 9.17) is 0 Å². The van der Waals surface area contributed by atoms with E-state index in [2.05, 4.69) is 17.5 Å². The third kappa shape index (κ3) is 2.20. The second-order valence-corrected chi connectivity index (χ2v) is 8.61. The molecule has 4 aliphatic carbocycles. The Morgan fingerprint density at radius 2 is 1.67 bits per heavy atom. The average molecular weight is 364 g/mol. The van der Waals surface area contributed by atoms with Crippen molar-refractivity contribution in [3.63, 3.8) is 0 Å². The Bertz CT molecular complexity index is 869. The van der Waals surface area contributed by atoms with Gasteiger partial charge >= 0.3 is 0 Å². The zero-order chi connectivity index (χ0) is 19.0. The van der Waals surface area contributed by atoms with Gasteiger partial charge in [-0.2, -0.15) is 0 Å². The van der Waals surface area contributed by atoms with Crippen LogP contribution in [0.25, 0.3) is 0 Å². The summed E-state index contributed by atoms with van der Waals surface area (Å²) in [6.45, 7) is 5.59. The van der Waals surface area contributed by atoms with Crippen molar-refractivity contribution in [2.24, 2.45) is 35.5 Å². The summed E-state index contributed by atoms with van der Waals surface area (Å²) < 4.78 is 0. The van der Waals surface area contributed by atoms with Crippen molar-refractivity contribution in [3.8, 4) is 0 Å². The first-order chi connectivity index (χ1) is 12.9. The van der Waals surface area contributed by atoms with E-state index >= 15 is 0 Å². The van der Waals surface area contributed by atoms with Gasteiger partial charge in [0.25, 0.3) is 0 Å². The molecule has 1 saturated heterocycles. The predicted octanol–water partition coefficient (Wildman–Crippen LogP) is 2.68. The molecule has 1 aliphatic heterocycles. The number of anilines is 1. The third-order valence-corrected chi connectivity index (χ3v) is 7.33. The molecule has 3 fully saturated rings. The number of nitrogens with zero attached hydrogens (tertiary/aromatic N) is 1. The van der Waals surface area contributed by atoms with Crippen molar-refractivity contribution in [1.29, 1.82) is 0 Å². The van der Waals surface area contributed by atoms with Crippen molar-refractivity contribution in [1.82, 2.24) is 4.90 Å². The summed E-state index contributed by atoms with van der Waals surface area (Å²) >= 11 is 0. The summed E-state index contributed by atoms with van der Waals surface area (Å²) in [6, 6.07) is 4.92. The highest BCUT2D eigenvalue weighted by Crippen LogP contribution is 2.65. The van der Waals surface area contributed by atoms with Crippen LogP contribution < -0.4 is 5.32 Å². The lowest BCUT2D eigenvalue weighted by Gasteiger charge is -2.37. The van der Waals surface area contributed by atoms with Crippen LogP contribution in [0.3, 0.4) is 0 Å². The molecule has 3 amide bonds. The molecular weight excluding hydrogens is 340 g/mol. The van der Waals surface area contributed by atoms with Gasteiger partial charge in [-0.3, -0.25) is 19.3 Å². The largest absolute Gasteiger partial charge is 0.324 e. The topological polar surface area (TPSA) is 66.5 Å². The van der Waals surface area contributed by atoms with Crippen LogP contribution in [0.15, 0.2) is 30.4 Å². The Kier molecular flexibility index (Phi) is 3.43. The van der Waals surface area contributed by atoms with E-state index in [1.807, 2.05) is 32.0 Å². The molecule has 0 unspecified atom stereocenters. The van der Waals surface area contributed by atoms with Crippen LogP contribution in [0.1, 0.15) is 24.5 Å². The monoisotopic (exact) mass is 364 g/mol. The zero-order valence-electron chi connectivity index (χ0n) is 15.8. The lowest BCUT2D eigenvalue weighted by Crippen LogP contribution is -2.46. The van der Waals surface area contributed by atoms with E-state index in [1.165, 1.54) is 4.90 Å². The second kappa shape index (κ2) is 5.54. The van der Waals surface area contributed by atoms with Crippen LogP contribution in [0.4, 0.5) is 5.69 Å². The van der Waals surface area contributed by atoms with Crippen LogP contribution in [0, 0.1) is 49.4 Å². The molecule has 140 valence electrons. The minimum Gasteiger partial charge on any atom is -0.324 e. The van der Waals surface area contributed by atoms with E-state index in [1.54, 1.807) is 6.92 Å². The Balaban J connectivity index is 1.39. The number of carbonyl (C=O) groups is 3. The number of allylic oxidation sites excluding steroid dienone is 2. The number of nitrogens with one attached hydrogen (secondary N) is 1. The summed E-state index contributed by atoms with van der Waals surface area (Å²) in [5, 5.41) is 2.91. The van der Waals surface area contributed by atoms with Gasteiger partial charge in [-0.1, -0.05) is 24.3 Å². The van der Waals surface area contributed by atoms with Crippen LogP contribution in [0.2, 0.25) is 0 Å². The van der Waals surface area contributed by atoms with E-state index in [9.17, 15) is 14.4 Å². The van der Waals surface area contributed by atoms with Crippen LogP contribution in [0.5, 0.6) is 0 Å². The van der Waals surface area contributed by atoms with Crippen LogP contribution in [-0.2, 0) is 14.4 Å². The van der Waals surface area contributed by atoms with Crippen LogP contribution in [-0.4, -0.2) is 28.7 Å². The van der Waals surface area contributed by atoms with Gasteiger partial charge in [0.2, 0.25) is 17.7 Å². The Labute approximate surface area is 158 Å². The number of likely N-dealkylation sites (tertiary alicyclic amines) is 1. The van der Waals surface area contributed by atoms with Crippen molar-refractivity contribution < 1.29 is 14.4 Å². The predicted molar refractivity (Wildman–Crippen MR) is 101 cm³/mol. The van der Waals surface area contributed by atoms with Crippen molar-refractivity contribution in [2.75, 3.05) is 5.32 Å². The summed E-state index contributed by atoms with van der Waals surface area (Å²) in [5.74, 6) is 0.362. The summed E-state index contributed by atoms with van der Waals surface area (Å²) in [7, 11) is 0. The smallest absolute Gasteiger partial charge is 0.247 e. The van der Waals surface area contributed by atoms with Gasteiger partial charge in [0.1, 0.15) is 6.04 Å². The Hall–Kier alpha value is -2.43. The van der Waals surface area contributed by atoms with Gasteiger partial charge in [0.05, 0.1) is 11.8 Å². The van der Waals surface area contributed by atoms with Gasteiger partial charge in [0, 0.05) is 5.69 Å². The number of amides is 3. The fourth-order valence-electron chi connectivity index (χ4n) is 5.60. The van der Waals surface area contributed by atoms with Gasteiger partial charge in [0.15, 0.2) is 0 Å². The molecule has 5 nitrogen and oxygen atoms in total. The number of benzene rings is 1. The fourth-order valence-corrected chi connectivity index (χ4v) is 5.60. The van der Waals surface area contributed by atoms with E-state index in [0.717, 1.165) is 23.2 Å². The van der Waals surface area contributed by atoms with E-state index in [0.29, 0.717) is 11.8 Å². The molecule has 1 heterocycles. The van der Waals surface area contributed by atoms with E-state index in [-0.39, 0.29) is 41.4 Å². The van der Waals surface area contributed by atoms with Crippen molar-refractivity contribution in [3.05, 3.63) is 41.5 Å². The van der Waals surface area contributed by atoms with Gasteiger partial charge in [-0.05, 0) is 68.1 Å². The first-order valence-electron chi connectivity index (χ1n) is 9.82. The molecule has 2 bridgehead atoms. The standard InChI is InChI=1S/C22H24N2O3/c1-10-5-4-6-17(11(10)2)23-20(25)12(3)24-21(26)18-13-7-8-14(16-9-15(13)16)19(18)22(24)27/h4-8,12-16,18-19H,9H2,1-3H3,(H,23,25)/t12-,13+,14+,15+,16+,18-,19-/m0/s1. The molecule has 27 heavy (non-hydrogen) atoms. The summed E-state index contributed by atoms with van der Waals surface area (Å²) in [4.78, 5) is 40.3. The fraction of sp³-hybridized carbons (Fsp3) is 0.500. The Morgan fingerprint density at radius 1 is 1.07 bits per heavy atom. The molecule has 0 aromatic heterocycles. The van der Waals surface area contributed by atoms with Crippen molar-refractivity contribution in [2.45, 2.75) is 33.2 Å². The minimum absolute atomic E-state index is 0.154. The maximum absolute atomic E-state index is 13.1. The first-order valence-corrected chi connectivity index (χ1v) is 9.82. The van der Waals surface area contributed by atoms with E-state index < -0.39 is 6.04 Å². The molecule has 1 N–H and O–H groups in total. The lowest BCUT2D eigenvalue weighted by molar-refractivity contribution is -0.146. The molecule has 0 spiro atoms.